The maximum absolute atomic E-state index is 12.7. The van der Waals surface area contributed by atoms with E-state index >= 15 is 0 Å². The summed E-state index contributed by atoms with van der Waals surface area (Å²) >= 11 is 0. The Morgan fingerprint density at radius 1 is 0.971 bits per heavy atom. The summed E-state index contributed by atoms with van der Waals surface area (Å²) in [7, 11) is -3.84. The van der Waals surface area contributed by atoms with E-state index in [1.54, 1.807) is 54.6 Å². The number of nitrogens with one attached hydrogen (secondary N) is 2. The molecule has 0 aliphatic rings. The Morgan fingerprint density at radius 2 is 1.68 bits per heavy atom. The van der Waals surface area contributed by atoms with Crippen LogP contribution in [0.5, 0.6) is 5.75 Å². The zero-order valence-electron chi connectivity index (χ0n) is 18.3. The molecule has 1 heterocycles. The predicted molar refractivity (Wildman–Crippen MR) is 131 cm³/mol. The Labute approximate surface area is 197 Å². The fourth-order valence-electron chi connectivity index (χ4n) is 3.13. The van der Waals surface area contributed by atoms with Crippen molar-refractivity contribution in [3.05, 3.63) is 96.8 Å². The van der Waals surface area contributed by atoms with Crippen molar-refractivity contribution in [1.29, 1.82) is 0 Å². The highest BCUT2D eigenvalue weighted by Crippen LogP contribution is 2.19. The van der Waals surface area contributed by atoms with Crippen molar-refractivity contribution >= 4 is 38.3 Å². The fraction of sp³-hybridized carbons (Fsp3) is 0.0800. The first-order chi connectivity index (χ1) is 16.4. The second-order valence-electron chi connectivity index (χ2n) is 7.17. The Hall–Kier alpha value is -4.24. The number of para-hydroxylation sites is 2. The molecular formula is C25H22N4O4S. The average Bonchev–Trinajstić information content (AvgIpc) is 2.85. The Kier molecular flexibility index (Phi) is 6.84. The molecule has 9 heteroatoms. The van der Waals surface area contributed by atoms with E-state index in [9.17, 15) is 13.2 Å². The molecule has 0 saturated carbocycles. The van der Waals surface area contributed by atoms with Crippen LogP contribution in [0.3, 0.4) is 0 Å². The molecule has 0 amide bonds. The van der Waals surface area contributed by atoms with E-state index < -0.39 is 10.0 Å². The molecule has 4 rings (SSSR count). The normalized spacial score (nSPS) is 11.4. The smallest absolute Gasteiger partial charge is 0.263 e. The number of hydrogen-bond acceptors (Lipinski definition) is 7. The third-order valence-corrected chi connectivity index (χ3v) is 6.16. The molecule has 3 aromatic carbocycles. The predicted octanol–water partition coefficient (Wildman–Crippen LogP) is 4.64. The standard InChI is InChI=1S/C25H22N4O4S/c1-2-33-20-11-7-18(8-12-20)24(30)15-16-26-19-9-13-21(14-10-19)34(31,32)29-25-17-27-22-5-3-4-6-23(22)28-25/h3-17,26H,2H2,1H3,(H,28,29). The number of benzene rings is 3. The van der Waals surface area contributed by atoms with E-state index in [1.807, 2.05) is 13.0 Å². The number of carbonyl (C=O) groups excluding carboxylic acids is 1. The van der Waals surface area contributed by atoms with E-state index in [0.717, 1.165) is 0 Å². The molecular weight excluding hydrogens is 452 g/mol. The van der Waals surface area contributed by atoms with Gasteiger partial charge in [0.25, 0.3) is 10.0 Å². The Balaban J connectivity index is 1.38. The van der Waals surface area contributed by atoms with Gasteiger partial charge in [0.1, 0.15) is 5.75 Å². The van der Waals surface area contributed by atoms with Gasteiger partial charge in [-0.1, -0.05) is 12.1 Å². The zero-order valence-corrected chi connectivity index (χ0v) is 19.1. The van der Waals surface area contributed by atoms with Crippen LogP contribution in [0.4, 0.5) is 11.5 Å². The summed E-state index contributed by atoms with van der Waals surface area (Å²) in [6.45, 7) is 2.45. The molecule has 4 aromatic rings. The molecule has 172 valence electrons. The first-order valence-electron chi connectivity index (χ1n) is 10.5. The van der Waals surface area contributed by atoms with Crippen LogP contribution >= 0.6 is 0 Å². The van der Waals surface area contributed by atoms with Crippen molar-refractivity contribution in [2.45, 2.75) is 11.8 Å². The van der Waals surface area contributed by atoms with Crippen LogP contribution in [0.25, 0.3) is 11.0 Å². The van der Waals surface area contributed by atoms with Crippen LogP contribution < -0.4 is 14.8 Å². The SMILES string of the molecule is CCOc1ccc(C(=O)C=CNc2ccc(S(=O)(=O)Nc3cnc4ccccc4n3)cc2)cc1. The van der Waals surface area contributed by atoms with Gasteiger partial charge in [-0.25, -0.2) is 13.4 Å². The summed E-state index contributed by atoms with van der Waals surface area (Å²) in [5.41, 5.74) is 2.43. The molecule has 0 spiro atoms. The first kappa shape index (κ1) is 22.9. The van der Waals surface area contributed by atoms with Crippen LogP contribution in [0.15, 0.2) is 96.2 Å². The molecule has 8 nitrogen and oxygen atoms in total. The highest BCUT2D eigenvalue weighted by molar-refractivity contribution is 7.92. The van der Waals surface area contributed by atoms with Gasteiger partial charge in [0.2, 0.25) is 0 Å². The molecule has 0 bridgehead atoms. The molecule has 2 N–H and O–H groups in total. The van der Waals surface area contributed by atoms with Crippen LogP contribution in [-0.2, 0) is 10.0 Å². The van der Waals surface area contributed by atoms with Gasteiger partial charge >= 0.3 is 0 Å². The maximum Gasteiger partial charge on any atom is 0.263 e. The summed E-state index contributed by atoms with van der Waals surface area (Å²) < 4.78 is 33.2. The van der Waals surface area contributed by atoms with Crippen molar-refractivity contribution in [2.24, 2.45) is 0 Å². The third kappa shape index (κ3) is 5.57. The number of sulfonamides is 1. The van der Waals surface area contributed by atoms with Crippen molar-refractivity contribution in [3.8, 4) is 5.75 Å². The van der Waals surface area contributed by atoms with Gasteiger partial charge < -0.3 is 10.1 Å². The zero-order chi connectivity index (χ0) is 24.0. The quantitative estimate of drug-likeness (QED) is 0.269. The molecule has 0 aliphatic carbocycles. The van der Waals surface area contributed by atoms with Crippen LogP contribution in [0, 0.1) is 0 Å². The highest BCUT2D eigenvalue weighted by atomic mass is 32.2. The van der Waals surface area contributed by atoms with E-state index in [1.165, 1.54) is 30.6 Å². The van der Waals surface area contributed by atoms with Crippen molar-refractivity contribution in [2.75, 3.05) is 16.6 Å². The average molecular weight is 475 g/mol. The number of anilines is 2. The van der Waals surface area contributed by atoms with Crippen LogP contribution in [-0.4, -0.2) is 30.8 Å². The van der Waals surface area contributed by atoms with Gasteiger partial charge in [0.05, 0.1) is 28.7 Å². The number of ether oxygens (including phenoxy) is 1. The molecule has 1 aromatic heterocycles. The second-order valence-corrected chi connectivity index (χ2v) is 8.86. The number of nitrogens with zero attached hydrogens (tertiary/aromatic N) is 2. The number of carbonyl (C=O) groups is 1. The molecule has 0 unspecified atom stereocenters. The lowest BCUT2D eigenvalue weighted by atomic mass is 10.1. The first-order valence-corrected chi connectivity index (χ1v) is 12.0. The summed E-state index contributed by atoms with van der Waals surface area (Å²) in [5, 5.41) is 2.96. The summed E-state index contributed by atoms with van der Waals surface area (Å²) in [5.74, 6) is 0.672. The summed E-state index contributed by atoms with van der Waals surface area (Å²) in [6.07, 6.45) is 4.29. The van der Waals surface area contributed by atoms with Gasteiger partial charge in [-0.2, -0.15) is 0 Å². The molecule has 0 radical (unpaired) electrons. The number of rotatable bonds is 9. The summed E-state index contributed by atoms with van der Waals surface area (Å²) in [4.78, 5) is 20.9. The summed E-state index contributed by atoms with van der Waals surface area (Å²) in [6, 6.07) is 20.2. The lowest BCUT2D eigenvalue weighted by Gasteiger charge is -2.08. The minimum atomic E-state index is -3.84. The number of ketones is 1. The van der Waals surface area contributed by atoms with E-state index in [4.69, 9.17) is 4.74 Å². The van der Waals surface area contributed by atoms with Gasteiger partial charge in [0.15, 0.2) is 11.6 Å². The number of allylic oxidation sites excluding steroid dienone is 1. The number of hydrogen-bond donors (Lipinski definition) is 2. The maximum atomic E-state index is 12.7. The molecule has 0 atom stereocenters. The number of aromatic nitrogens is 2. The monoisotopic (exact) mass is 474 g/mol. The third-order valence-electron chi connectivity index (χ3n) is 4.79. The topological polar surface area (TPSA) is 110 Å². The Bertz CT molecular complexity index is 1430. The van der Waals surface area contributed by atoms with Crippen LogP contribution in [0.2, 0.25) is 0 Å². The molecule has 0 saturated heterocycles. The van der Waals surface area contributed by atoms with Crippen molar-refractivity contribution in [3.63, 3.8) is 0 Å². The van der Waals surface area contributed by atoms with Gasteiger partial charge in [-0.3, -0.25) is 14.5 Å². The molecule has 34 heavy (non-hydrogen) atoms. The van der Waals surface area contributed by atoms with Crippen LogP contribution in [0.1, 0.15) is 17.3 Å². The Morgan fingerprint density at radius 3 is 2.38 bits per heavy atom. The van der Waals surface area contributed by atoms with Crippen molar-refractivity contribution < 1.29 is 17.9 Å². The lowest BCUT2D eigenvalue weighted by Crippen LogP contribution is -2.14. The fourth-order valence-corrected chi connectivity index (χ4v) is 4.11. The van der Waals surface area contributed by atoms with Gasteiger partial charge in [0, 0.05) is 23.5 Å². The van der Waals surface area contributed by atoms with Crippen molar-refractivity contribution in [1.82, 2.24) is 9.97 Å². The second kappa shape index (κ2) is 10.1. The molecule has 0 aliphatic heterocycles. The highest BCUT2D eigenvalue weighted by Gasteiger charge is 2.15. The molecule has 0 fully saturated rings. The van der Waals surface area contributed by atoms with E-state index in [2.05, 4.69) is 20.0 Å². The van der Waals surface area contributed by atoms with Gasteiger partial charge in [-0.05, 0) is 67.6 Å². The largest absolute Gasteiger partial charge is 0.494 e. The lowest BCUT2D eigenvalue weighted by molar-refractivity contribution is 0.104. The minimum Gasteiger partial charge on any atom is -0.494 e. The van der Waals surface area contributed by atoms with E-state index in [-0.39, 0.29) is 16.5 Å². The van der Waals surface area contributed by atoms with Gasteiger partial charge in [-0.15, -0.1) is 0 Å². The van der Waals surface area contributed by atoms with E-state index in [0.29, 0.717) is 34.6 Å². The minimum absolute atomic E-state index is 0.0717. The number of fused-ring (bicyclic) bond motifs is 1.